The second-order valence-electron chi connectivity index (χ2n) is 3.61. The number of aliphatic hydroxyl groups excluding tert-OH is 1. The molecule has 92 valence electrons. The lowest BCUT2D eigenvalue weighted by Gasteiger charge is -2.08. The largest absolute Gasteiger partial charge is 0.395 e. The number of carbonyl (C=O) groups excluding carboxylic acids is 1. The second kappa shape index (κ2) is 5.79. The van der Waals surface area contributed by atoms with Gasteiger partial charge >= 0.3 is 0 Å². The molecule has 0 bridgehead atoms. The van der Waals surface area contributed by atoms with Crippen LogP contribution in [-0.2, 0) is 0 Å². The van der Waals surface area contributed by atoms with Crippen LogP contribution in [0.25, 0.3) is 0 Å². The summed E-state index contributed by atoms with van der Waals surface area (Å²) >= 11 is 1.22. The van der Waals surface area contributed by atoms with Gasteiger partial charge in [-0.1, -0.05) is 6.92 Å². The highest BCUT2D eigenvalue weighted by atomic mass is 32.2. The van der Waals surface area contributed by atoms with E-state index in [4.69, 9.17) is 5.11 Å². The van der Waals surface area contributed by atoms with Crippen molar-refractivity contribution in [3.63, 3.8) is 0 Å². The van der Waals surface area contributed by atoms with Crippen LogP contribution < -0.4 is 0 Å². The molecule has 0 aliphatic carbocycles. The van der Waals surface area contributed by atoms with E-state index in [1.54, 1.807) is 19.1 Å². The summed E-state index contributed by atoms with van der Waals surface area (Å²) in [5.74, 6) is -0.208. The Balaban J connectivity index is 3.13. The zero-order chi connectivity index (χ0) is 13.0. The molecular formula is C11H13NO4S. The molecule has 0 aliphatic heterocycles. The van der Waals surface area contributed by atoms with Gasteiger partial charge in [0.05, 0.1) is 16.4 Å². The van der Waals surface area contributed by atoms with Crippen LogP contribution in [0.2, 0.25) is 0 Å². The number of benzene rings is 1. The van der Waals surface area contributed by atoms with Crippen LogP contribution in [-0.4, -0.2) is 27.7 Å². The van der Waals surface area contributed by atoms with Crippen molar-refractivity contribution in [1.29, 1.82) is 0 Å². The van der Waals surface area contributed by atoms with Crippen molar-refractivity contribution < 1.29 is 14.8 Å². The summed E-state index contributed by atoms with van der Waals surface area (Å²) in [6.07, 6.45) is 0. The monoisotopic (exact) mass is 255 g/mol. The molecule has 0 amide bonds. The summed E-state index contributed by atoms with van der Waals surface area (Å²) in [5, 5.41) is 19.7. The SMILES string of the molecule is CC(=O)c1ccc(SC(C)CO)c([N+](=O)[O-])c1. The molecular weight excluding hydrogens is 242 g/mol. The zero-order valence-electron chi connectivity index (χ0n) is 9.54. The number of ketones is 1. The lowest BCUT2D eigenvalue weighted by Crippen LogP contribution is -2.03. The van der Waals surface area contributed by atoms with Crippen molar-refractivity contribution in [2.24, 2.45) is 0 Å². The van der Waals surface area contributed by atoms with Gasteiger partial charge in [-0.15, -0.1) is 11.8 Å². The number of hydrogen-bond donors (Lipinski definition) is 1. The van der Waals surface area contributed by atoms with Crippen LogP contribution in [0, 0.1) is 10.1 Å². The molecule has 1 rings (SSSR count). The molecule has 5 nitrogen and oxygen atoms in total. The minimum atomic E-state index is -0.515. The van der Waals surface area contributed by atoms with E-state index in [1.165, 1.54) is 24.8 Å². The maximum Gasteiger partial charge on any atom is 0.283 e. The van der Waals surface area contributed by atoms with Crippen molar-refractivity contribution in [2.45, 2.75) is 24.0 Å². The van der Waals surface area contributed by atoms with Gasteiger partial charge in [0.2, 0.25) is 0 Å². The normalized spacial score (nSPS) is 12.2. The van der Waals surface area contributed by atoms with Crippen molar-refractivity contribution in [2.75, 3.05) is 6.61 Å². The number of nitro benzene ring substituents is 1. The van der Waals surface area contributed by atoms with Gasteiger partial charge in [-0.25, -0.2) is 0 Å². The highest BCUT2D eigenvalue weighted by Gasteiger charge is 2.18. The maximum atomic E-state index is 11.1. The predicted molar refractivity (Wildman–Crippen MR) is 65.5 cm³/mol. The lowest BCUT2D eigenvalue weighted by molar-refractivity contribution is -0.387. The minimum absolute atomic E-state index is 0.0592. The first kappa shape index (κ1) is 13.7. The summed E-state index contributed by atoms with van der Waals surface area (Å²) in [5.41, 5.74) is 0.223. The topological polar surface area (TPSA) is 80.4 Å². The van der Waals surface area contributed by atoms with Crippen LogP contribution in [0.4, 0.5) is 5.69 Å². The molecule has 1 atom stereocenters. The van der Waals surface area contributed by atoms with Gasteiger partial charge in [0.1, 0.15) is 0 Å². The third-order valence-corrected chi connectivity index (χ3v) is 3.30. The predicted octanol–water partition coefficient (Wildman–Crippen LogP) is 2.27. The van der Waals surface area contributed by atoms with E-state index < -0.39 is 4.92 Å². The number of thioether (sulfide) groups is 1. The van der Waals surface area contributed by atoms with E-state index in [1.807, 2.05) is 0 Å². The fraction of sp³-hybridized carbons (Fsp3) is 0.364. The number of rotatable bonds is 5. The first-order chi connectivity index (χ1) is 7.95. The molecule has 0 saturated carbocycles. The van der Waals surface area contributed by atoms with Gasteiger partial charge in [0, 0.05) is 16.9 Å². The molecule has 0 heterocycles. The van der Waals surface area contributed by atoms with Gasteiger partial charge in [0.15, 0.2) is 5.78 Å². The van der Waals surface area contributed by atoms with Crippen LogP contribution in [0.3, 0.4) is 0 Å². The molecule has 6 heteroatoms. The summed E-state index contributed by atoms with van der Waals surface area (Å²) in [6, 6.07) is 4.38. The number of nitro groups is 1. The van der Waals surface area contributed by atoms with E-state index in [9.17, 15) is 14.9 Å². The third-order valence-electron chi connectivity index (χ3n) is 2.15. The number of hydrogen-bond acceptors (Lipinski definition) is 5. The Labute approximate surface area is 103 Å². The van der Waals surface area contributed by atoms with Gasteiger partial charge < -0.3 is 5.11 Å². The van der Waals surface area contributed by atoms with Gasteiger partial charge in [-0.2, -0.15) is 0 Å². The second-order valence-corrected chi connectivity index (χ2v) is 5.09. The smallest absolute Gasteiger partial charge is 0.283 e. The van der Waals surface area contributed by atoms with Crippen LogP contribution >= 0.6 is 11.8 Å². The van der Waals surface area contributed by atoms with Gasteiger partial charge in [-0.3, -0.25) is 14.9 Å². The summed E-state index contributed by atoms with van der Waals surface area (Å²) in [7, 11) is 0. The molecule has 1 aromatic carbocycles. The molecule has 0 spiro atoms. The van der Waals surface area contributed by atoms with E-state index in [0.717, 1.165) is 0 Å². The number of Topliss-reactive ketones (excluding diaryl/α,β-unsaturated/α-hetero) is 1. The Morgan fingerprint density at radius 1 is 1.59 bits per heavy atom. The molecule has 0 saturated heterocycles. The minimum Gasteiger partial charge on any atom is -0.395 e. The quantitative estimate of drug-likeness (QED) is 0.378. The summed E-state index contributed by atoms with van der Waals surface area (Å²) in [4.78, 5) is 22.0. The first-order valence-corrected chi connectivity index (χ1v) is 5.90. The standard InChI is InChI=1S/C11H13NO4S/c1-7(6-13)17-11-4-3-9(8(2)14)5-10(11)12(15)16/h3-5,7,13H,6H2,1-2H3. The Morgan fingerprint density at radius 3 is 2.71 bits per heavy atom. The highest BCUT2D eigenvalue weighted by Crippen LogP contribution is 2.32. The molecule has 17 heavy (non-hydrogen) atoms. The molecule has 1 unspecified atom stereocenters. The first-order valence-electron chi connectivity index (χ1n) is 5.02. The van der Waals surface area contributed by atoms with E-state index >= 15 is 0 Å². The van der Waals surface area contributed by atoms with Crippen molar-refractivity contribution in [3.05, 3.63) is 33.9 Å². The van der Waals surface area contributed by atoms with E-state index in [-0.39, 0.29) is 23.3 Å². The van der Waals surface area contributed by atoms with Crippen LogP contribution in [0.5, 0.6) is 0 Å². The fourth-order valence-corrected chi connectivity index (χ4v) is 2.14. The van der Waals surface area contributed by atoms with Gasteiger partial charge in [-0.05, 0) is 19.1 Å². The summed E-state index contributed by atoms with van der Waals surface area (Å²) < 4.78 is 0. The number of nitrogens with zero attached hydrogens (tertiary/aromatic N) is 1. The number of carbonyl (C=O) groups is 1. The number of aliphatic hydroxyl groups is 1. The van der Waals surface area contributed by atoms with Crippen LogP contribution in [0.15, 0.2) is 23.1 Å². The van der Waals surface area contributed by atoms with E-state index in [0.29, 0.717) is 10.5 Å². The molecule has 0 aromatic heterocycles. The van der Waals surface area contributed by atoms with Crippen molar-refractivity contribution in [3.8, 4) is 0 Å². The molecule has 1 N–H and O–H groups in total. The van der Waals surface area contributed by atoms with Crippen molar-refractivity contribution in [1.82, 2.24) is 0 Å². The zero-order valence-corrected chi connectivity index (χ0v) is 10.4. The molecule has 0 fully saturated rings. The highest BCUT2D eigenvalue weighted by molar-refractivity contribution is 8.00. The third kappa shape index (κ3) is 3.54. The Morgan fingerprint density at radius 2 is 2.24 bits per heavy atom. The van der Waals surface area contributed by atoms with Crippen LogP contribution in [0.1, 0.15) is 24.2 Å². The van der Waals surface area contributed by atoms with Crippen molar-refractivity contribution >= 4 is 23.2 Å². The Kier molecular flexibility index (Phi) is 4.65. The maximum absolute atomic E-state index is 11.1. The summed E-state index contributed by atoms with van der Waals surface area (Å²) in [6.45, 7) is 3.08. The molecule has 1 aromatic rings. The molecule has 0 radical (unpaired) electrons. The lowest BCUT2D eigenvalue weighted by atomic mass is 10.1. The average Bonchev–Trinajstić information content (AvgIpc) is 2.28. The fourth-order valence-electron chi connectivity index (χ4n) is 1.23. The molecule has 0 aliphatic rings. The van der Waals surface area contributed by atoms with Gasteiger partial charge in [0.25, 0.3) is 5.69 Å². The van der Waals surface area contributed by atoms with E-state index in [2.05, 4.69) is 0 Å². The average molecular weight is 255 g/mol. The Bertz CT molecular complexity index is 447. The Hall–Kier alpha value is -1.40.